The Bertz CT molecular complexity index is 745. The van der Waals surface area contributed by atoms with Crippen LogP contribution in [0.5, 0.6) is 0 Å². The van der Waals surface area contributed by atoms with Crippen molar-refractivity contribution in [2.24, 2.45) is 0 Å². The van der Waals surface area contributed by atoms with Crippen molar-refractivity contribution in [2.75, 3.05) is 11.9 Å². The lowest BCUT2D eigenvalue weighted by molar-refractivity contribution is -0.136. The van der Waals surface area contributed by atoms with Gasteiger partial charge in [0.05, 0.1) is 17.3 Å². The first-order chi connectivity index (χ1) is 11.3. The van der Waals surface area contributed by atoms with E-state index >= 15 is 0 Å². The number of aryl methyl sites for hydroxylation is 1. The van der Waals surface area contributed by atoms with E-state index < -0.39 is 17.4 Å². The molecule has 1 atom stereocenters. The normalized spacial score (nSPS) is 13.0. The Hall–Kier alpha value is -2.37. The molecule has 0 fully saturated rings. The van der Waals surface area contributed by atoms with Gasteiger partial charge in [0.15, 0.2) is 0 Å². The Kier molecular flexibility index (Phi) is 5.59. The number of hydrogen-bond donors (Lipinski definition) is 3. The Labute approximate surface area is 145 Å². The maximum Gasteiger partial charge on any atom is 0.313 e. The minimum atomic E-state index is -1.28. The van der Waals surface area contributed by atoms with Crippen LogP contribution in [0.25, 0.3) is 0 Å². The largest absolute Gasteiger partial charge is 0.384 e. The lowest BCUT2D eigenvalue weighted by Gasteiger charge is -2.24. The first-order valence-corrected chi connectivity index (χ1v) is 7.80. The molecule has 24 heavy (non-hydrogen) atoms. The smallest absolute Gasteiger partial charge is 0.313 e. The molecule has 126 valence electrons. The van der Waals surface area contributed by atoms with Crippen LogP contribution in [0.2, 0.25) is 5.02 Å². The number of hydrogen-bond acceptors (Lipinski definition) is 3. The van der Waals surface area contributed by atoms with Crippen molar-refractivity contribution in [3.63, 3.8) is 0 Å². The average molecular weight is 347 g/mol. The molecule has 0 aliphatic carbocycles. The standard InChI is InChI=1S/C18H19ClN2O3/c1-12-8-9-15(14(19)10-12)21-17(23)16(22)20-11-18(2,24)13-6-4-3-5-7-13/h3-10,24H,11H2,1-2H3,(H,20,22)(H,21,23). The van der Waals surface area contributed by atoms with Crippen molar-refractivity contribution in [1.82, 2.24) is 5.32 Å². The zero-order valence-electron chi connectivity index (χ0n) is 13.5. The summed E-state index contributed by atoms with van der Waals surface area (Å²) in [5, 5.41) is 15.6. The second kappa shape index (κ2) is 7.47. The number of benzene rings is 2. The third kappa shape index (κ3) is 4.57. The number of anilines is 1. The highest BCUT2D eigenvalue weighted by Crippen LogP contribution is 2.22. The monoisotopic (exact) mass is 346 g/mol. The highest BCUT2D eigenvalue weighted by atomic mass is 35.5. The number of halogens is 1. The third-order valence-corrected chi connectivity index (χ3v) is 3.88. The number of aliphatic hydroxyl groups is 1. The topological polar surface area (TPSA) is 78.4 Å². The van der Waals surface area contributed by atoms with Gasteiger partial charge in [-0.25, -0.2) is 0 Å². The molecule has 0 saturated heterocycles. The zero-order chi connectivity index (χ0) is 17.7. The molecule has 0 bridgehead atoms. The van der Waals surface area contributed by atoms with Gasteiger partial charge >= 0.3 is 11.8 Å². The fourth-order valence-corrected chi connectivity index (χ4v) is 2.41. The van der Waals surface area contributed by atoms with Gasteiger partial charge in [0, 0.05) is 0 Å². The van der Waals surface area contributed by atoms with E-state index in [1.807, 2.05) is 13.0 Å². The van der Waals surface area contributed by atoms with Crippen LogP contribution in [0.15, 0.2) is 48.5 Å². The summed E-state index contributed by atoms with van der Waals surface area (Å²) in [7, 11) is 0. The summed E-state index contributed by atoms with van der Waals surface area (Å²) in [6.45, 7) is 3.35. The Morgan fingerprint density at radius 3 is 2.42 bits per heavy atom. The molecule has 0 aliphatic rings. The van der Waals surface area contributed by atoms with Gasteiger partial charge in [0.2, 0.25) is 0 Å². The van der Waals surface area contributed by atoms with Crippen molar-refractivity contribution in [3.8, 4) is 0 Å². The molecule has 2 rings (SSSR count). The van der Waals surface area contributed by atoms with E-state index in [-0.39, 0.29) is 6.54 Å². The van der Waals surface area contributed by atoms with Gasteiger partial charge in [0.1, 0.15) is 5.60 Å². The van der Waals surface area contributed by atoms with E-state index in [4.69, 9.17) is 11.6 Å². The van der Waals surface area contributed by atoms with Crippen LogP contribution >= 0.6 is 11.6 Å². The van der Waals surface area contributed by atoms with Gasteiger partial charge in [-0.3, -0.25) is 9.59 Å². The summed E-state index contributed by atoms with van der Waals surface area (Å²) in [6.07, 6.45) is 0. The van der Waals surface area contributed by atoms with Crippen LogP contribution in [0, 0.1) is 6.92 Å². The first-order valence-electron chi connectivity index (χ1n) is 7.43. The van der Waals surface area contributed by atoms with E-state index in [9.17, 15) is 14.7 Å². The number of rotatable bonds is 4. The second-order valence-corrected chi connectivity index (χ2v) is 6.17. The number of carbonyl (C=O) groups is 2. The van der Waals surface area contributed by atoms with Gasteiger partial charge in [-0.05, 0) is 37.1 Å². The molecular formula is C18H19ClN2O3. The summed E-state index contributed by atoms with van der Waals surface area (Å²) < 4.78 is 0. The van der Waals surface area contributed by atoms with Crippen LogP contribution in [0.3, 0.4) is 0 Å². The minimum Gasteiger partial charge on any atom is -0.384 e. The van der Waals surface area contributed by atoms with E-state index in [0.717, 1.165) is 5.56 Å². The molecule has 2 aromatic rings. The van der Waals surface area contributed by atoms with Crippen molar-refractivity contribution >= 4 is 29.1 Å². The number of carbonyl (C=O) groups excluding carboxylic acids is 2. The average Bonchev–Trinajstić information content (AvgIpc) is 2.56. The molecule has 2 amide bonds. The highest BCUT2D eigenvalue weighted by Gasteiger charge is 2.25. The van der Waals surface area contributed by atoms with E-state index in [1.165, 1.54) is 0 Å². The predicted octanol–water partition coefficient (Wildman–Crippen LogP) is 2.61. The fourth-order valence-electron chi connectivity index (χ4n) is 2.13. The Balaban J connectivity index is 1.95. The SMILES string of the molecule is Cc1ccc(NC(=O)C(=O)NCC(C)(O)c2ccccc2)c(Cl)c1. The van der Waals surface area contributed by atoms with Crippen molar-refractivity contribution in [3.05, 3.63) is 64.7 Å². The highest BCUT2D eigenvalue weighted by molar-refractivity contribution is 6.41. The molecule has 3 N–H and O–H groups in total. The fraction of sp³-hybridized carbons (Fsp3) is 0.222. The van der Waals surface area contributed by atoms with Gasteiger partial charge in [0.25, 0.3) is 0 Å². The summed E-state index contributed by atoms with van der Waals surface area (Å²) in [4.78, 5) is 23.9. The first kappa shape index (κ1) is 18.0. The van der Waals surface area contributed by atoms with Crippen LogP contribution in [-0.2, 0) is 15.2 Å². The van der Waals surface area contributed by atoms with Crippen LogP contribution in [-0.4, -0.2) is 23.5 Å². The molecule has 2 aromatic carbocycles. The second-order valence-electron chi connectivity index (χ2n) is 5.76. The molecule has 0 heterocycles. The molecule has 0 spiro atoms. The van der Waals surface area contributed by atoms with Crippen LogP contribution in [0.4, 0.5) is 5.69 Å². The summed E-state index contributed by atoms with van der Waals surface area (Å²) in [5.74, 6) is -1.69. The summed E-state index contributed by atoms with van der Waals surface area (Å²) in [6, 6.07) is 14.0. The van der Waals surface area contributed by atoms with E-state index in [0.29, 0.717) is 16.3 Å². The number of nitrogens with one attached hydrogen (secondary N) is 2. The predicted molar refractivity (Wildman–Crippen MR) is 93.8 cm³/mol. The lowest BCUT2D eigenvalue weighted by atomic mass is 9.96. The van der Waals surface area contributed by atoms with Gasteiger partial charge in [-0.1, -0.05) is 48.0 Å². The minimum absolute atomic E-state index is 0.0924. The molecule has 0 saturated carbocycles. The number of amides is 2. The molecule has 0 aromatic heterocycles. The molecule has 5 nitrogen and oxygen atoms in total. The lowest BCUT2D eigenvalue weighted by Crippen LogP contribution is -2.43. The van der Waals surface area contributed by atoms with Crippen molar-refractivity contribution < 1.29 is 14.7 Å². The maximum absolute atomic E-state index is 11.9. The molecule has 0 aliphatic heterocycles. The van der Waals surface area contributed by atoms with E-state index in [2.05, 4.69) is 10.6 Å². The molecule has 0 radical (unpaired) electrons. The maximum atomic E-state index is 11.9. The van der Waals surface area contributed by atoms with Crippen molar-refractivity contribution in [2.45, 2.75) is 19.4 Å². The molecule has 6 heteroatoms. The Morgan fingerprint density at radius 1 is 1.12 bits per heavy atom. The van der Waals surface area contributed by atoms with Gasteiger partial charge < -0.3 is 15.7 Å². The van der Waals surface area contributed by atoms with Crippen LogP contribution in [0.1, 0.15) is 18.1 Å². The quantitative estimate of drug-likeness (QED) is 0.745. The van der Waals surface area contributed by atoms with Crippen LogP contribution < -0.4 is 10.6 Å². The Morgan fingerprint density at radius 2 is 1.79 bits per heavy atom. The third-order valence-electron chi connectivity index (χ3n) is 3.57. The molecular weight excluding hydrogens is 328 g/mol. The van der Waals surface area contributed by atoms with E-state index in [1.54, 1.807) is 49.4 Å². The van der Waals surface area contributed by atoms with Crippen molar-refractivity contribution in [1.29, 1.82) is 0 Å². The zero-order valence-corrected chi connectivity index (χ0v) is 14.2. The molecule has 1 unspecified atom stereocenters. The summed E-state index contributed by atoms with van der Waals surface area (Å²) >= 11 is 6.02. The van der Waals surface area contributed by atoms with Gasteiger partial charge in [-0.15, -0.1) is 0 Å². The summed E-state index contributed by atoms with van der Waals surface area (Å²) in [5.41, 5.74) is 0.671. The van der Waals surface area contributed by atoms with Gasteiger partial charge in [-0.2, -0.15) is 0 Å².